The second-order valence-electron chi connectivity index (χ2n) is 5.45. The lowest BCUT2D eigenvalue weighted by Crippen LogP contribution is -2.29. The molecule has 0 aromatic carbocycles. The Bertz CT molecular complexity index is 161. The quantitative estimate of drug-likeness (QED) is 0.609. The van der Waals surface area contributed by atoms with Gasteiger partial charge in [-0.2, -0.15) is 0 Å². The molecule has 13 heavy (non-hydrogen) atoms. The molecule has 0 nitrogen and oxygen atoms in total. The Balaban J connectivity index is 1.77. The first-order valence-electron chi connectivity index (χ1n) is 6.31. The Morgan fingerprint density at radius 3 is 2.46 bits per heavy atom. The van der Waals surface area contributed by atoms with E-state index in [4.69, 9.17) is 0 Å². The Labute approximate surface area is 83.1 Å². The minimum atomic E-state index is 1.06. The molecule has 0 radical (unpaired) electrons. The largest absolute Gasteiger partial charge is 0.0654 e. The first-order chi connectivity index (χ1) is 6.31. The van der Waals surface area contributed by atoms with Crippen LogP contribution >= 0.6 is 0 Å². The molecule has 0 N–H and O–H groups in total. The first-order valence-corrected chi connectivity index (χ1v) is 6.31. The highest BCUT2D eigenvalue weighted by Crippen LogP contribution is 2.48. The van der Waals surface area contributed by atoms with Gasteiger partial charge in [-0.15, -0.1) is 0 Å². The summed E-state index contributed by atoms with van der Waals surface area (Å²) in [4.78, 5) is 0. The van der Waals surface area contributed by atoms with E-state index in [1.807, 2.05) is 0 Å². The smallest absolute Gasteiger partial charge is 0.0360 e. The molecule has 0 heteroatoms. The standard InChI is InChI=1S/C13H24/c1-3-4-11-6-7-12(9-11)13-8-5-10(13)2/h10-13H,3-9H2,1-2H3. The van der Waals surface area contributed by atoms with Gasteiger partial charge < -0.3 is 0 Å². The van der Waals surface area contributed by atoms with Crippen LogP contribution in [0.2, 0.25) is 0 Å². The molecule has 4 atom stereocenters. The van der Waals surface area contributed by atoms with E-state index in [0.29, 0.717) is 0 Å². The molecular weight excluding hydrogens is 156 g/mol. The minimum absolute atomic E-state index is 1.06. The predicted molar refractivity (Wildman–Crippen MR) is 57.6 cm³/mol. The highest BCUT2D eigenvalue weighted by atomic mass is 14.4. The van der Waals surface area contributed by atoms with E-state index in [1.165, 1.54) is 19.3 Å². The molecule has 2 aliphatic carbocycles. The van der Waals surface area contributed by atoms with Crippen LogP contribution in [0, 0.1) is 23.7 Å². The highest BCUT2D eigenvalue weighted by molar-refractivity contribution is 4.88. The van der Waals surface area contributed by atoms with E-state index in [-0.39, 0.29) is 0 Å². The fourth-order valence-corrected chi connectivity index (χ4v) is 3.57. The third-order valence-electron chi connectivity index (χ3n) is 4.57. The van der Waals surface area contributed by atoms with E-state index < -0.39 is 0 Å². The molecule has 76 valence electrons. The van der Waals surface area contributed by atoms with Gasteiger partial charge in [-0.25, -0.2) is 0 Å². The van der Waals surface area contributed by atoms with Crippen molar-refractivity contribution in [3.8, 4) is 0 Å². The van der Waals surface area contributed by atoms with E-state index >= 15 is 0 Å². The molecule has 0 bridgehead atoms. The maximum Gasteiger partial charge on any atom is -0.0360 e. The monoisotopic (exact) mass is 180 g/mol. The van der Waals surface area contributed by atoms with Crippen molar-refractivity contribution in [1.82, 2.24) is 0 Å². The maximum atomic E-state index is 2.46. The molecule has 0 aromatic heterocycles. The Hall–Kier alpha value is 0. The van der Waals surface area contributed by atoms with Gasteiger partial charge in [0.05, 0.1) is 0 Å². The van der Waals surface area contributed by atoms with Gasteiger partial charge in [-0.3, -0.25) is 0 Å². The van der Waals surface area contributed by atoms with Gasteiger partial charge in [0.1, 0.15) is 0 Å². The van der Waals surface area contributed by atoms with Crippen LogP contribution in [0.1, 0.15) is 58.8 Å². The van der Waals surface area contributed by atoms with Crippen LogP contribution in [-0.4, -0.2) is 0 Å². The van der Waals surface area contributed by atoms with Crippen LogP contribution in [0.4, 0.5) is 0 Å². The summed E-state index contributed by atoms with van der Waals surface area (Å²) in [6.45, 7) is 4.79. The van der Waals surface area contributed by atoms with Gasteiger partial charge in [0.25, 0.3) is 0 Å². The van der Waals surface area contributed by atoms with Gasteiger partial charge in [0.2, 0.25) is 0 Å². The molecule has 2 rings (SSSR count). The van der Waals surface area contributed by atoms with Crippen LogP contribution < -0.4 is 0 Å². The second kappa shape index (κ2) is 4.02. The summed E-state index contributed by atoms with van der Waals surface area (Å²) in [7, 11) is 0. The van der Waals surface area contributed by atoms with Crippen molar-refractivity contribution in [3.05, 3.63) is 0 Å². The van der Waals surface area contributed by atoms with Crippen molar-refractivity contribution in [2.24, 2.45) is 23.7 Å². The molecule has 0 spiro atoms. The SMILES string of the molecule is CCCC1CCC(C2CCC2C)C1. The first kappa shape index (κ1) is 9.55. The molecule has 4 unspecified atom stereocenters. The fourth-order valence-electron chi connectivity index (χ4n) is 3.57. The van der Waals surface area contributed by atoms with Gasteiger partial charge in [0, 0.05) is 0 Å². The van der Waals surface area contributed by atoms with Crippen molar-refractivity contribution in [1.29, 1.82) is 0 Å². The zero-order valence-electron chi connectivity index (χ0n) is 9.26. The zero-order valence-corrected chi connectivity index (χ0v) is 9.26. The summed E-state index contributed by atoms with van der Waals surface area (Å²) in [6, 6.07) is 0. The topological polar surface area (TPSA) is 0 Å². The average Bonchev–Trinajstić information content (AvgIpc) is 2.51. The predicted octanol–water partition coefficient (Wildman–Crippen LogP) is 4.25. The zero-order chi connectivity index (χ0) is 9.26. The van der Waals surface area contributed by atoms with Crippen LogP contribution in [0.3, 0.4) is 0 Å². The molecule has 0 heterocycles. The summed E-state index contributed by atoms with van der Waals surface area (Å²) in [5.74, 6) is 4.41. The maximum absolute atomic E-state index is 2.46. The lowest BCUT2D eigenvalue weighted by molar-refractivity contribution is 0.119. The van der Waals surface area contributed by atoms with E-state index in [9.17, 15) is 0 Å². The summed E-state index contributed by atoms with van der Waals surface area (Å²) in [5, 5.41) is 0. The van der Waals surface area contributed by atoms with Crippen LogP contribution in [0.15, 0.2) is 0 Å². The molecule has 0 saturated heterocycles. The Kier molecular flexibility index (Phi) is 2.96. The third kappa shape index (κ3) is 1.92. The van der Waals surface area contributed by atoms with Gasteiger partial charge in [-0.05, 0) is 42.9 Å². The Morgan fingerprint density at radius 2 is 1.92 bits per heavy atom. The fraction of sp³-hybridized carbons (Fsp3) is 1.00. The number of hydrogen-bond acceptors (Lipinski definition) is 0. The summed E-state index contributed by atoms with van der Waals surface area (Å²) in [6.07, 6.45) is 10.6. The molecule has 0 aromatic rings. The van der Waals surface area contributed by atoms with E-state index in [2.05, 4.69) is 13.8 Å². The third-order valence-corrected chi connectivity index (χ3v) is 4.57. The molecule has 0 aliphatic heterocycles. The van der Waals surface area contributed by atoms with Crippen molar-refractivity contribution in [3.63, 3.8) is 0 Å². The second-order valence-corrected chi connectivity index (χ2v) is 5.45. The summed E-state index contributed by atoms with van der Waals surface area (Å²) >= 11 is 0. The highest BCUT2D eigenvalue weighted by Gasteiger charge is 2.37. The van der Waals surface area contributed by atoms with E-state index in [1.54, 1.807) is 25.7 Å². The lowest BCUT2D eigenvalue weighted by atomic mass is 9.67. The van der Waals surface area contributed by atoms with Gasteiger partial charge >= 0.3 is 0 Å². The van der Waals surface area contributed by atoms with Gasteiger partial charge in [0.15, 0.2) is 0 Å². The van der Waals surface area contributed by atoms with Crippen molar-refractivity contribution in [2.45, 2.75) is 58.8 Å². The van der Waals surface area contributed by atoms with Crippen molar-refractivity contribution in [2.75, 3.05) is 0 Å². The van der Waals surface area contributed by atoms with Crippen LogP contribution in [0.5, 0.6) is 0 Å². The number of rotatable bonds is 3. The lowest BCUT2D eigenvalue weighted by Gasteiger charge is -2.38. The molecular formula is C13H24. The number of hydrogen-bond donors (Lipinski definition) is 0. The molecule has 2 fully saturated rings. The van der Waals surface area contributed by atoms with Crippen LogP contribution in [-0.2, 0) is 0 Å². The summed E-state index contributed by atoms with van der Waals surface area (Å²) < 4.78 is 0. The molecule has 0 amide bonds. The normalized spacial score (nSPS) is 44.8. The van der Waals surface area contributed by atoms with Crippen molar-refractivity contribution < 1.29 is 0 Å². The van der Waals surface area contributed by atoms with Crippen LogP contribution in [0.25, 0.3) is 0 Å². The Morgan fingerprint density at radius 1 is 1.08 bits per heavy atom. The van der Waals surface area contributed by atoms with E-state index in [0.717, 1.165) is 23.7 Å². The summed E-state index contributed by atoms with van der Waals surface area (Å²) in [5.41, 5.74) is 0. The molecule has 2 aliphatic rings. The van der Waals surface area contributed by atoms with Crippen molar-refractivity contribution >= 4 is 0 Å². The minimum Gasteiger partial charge on any atom is -0.0654 e. The van der Waals surface area contributed by atoms with Gasteiger partial charge in [-0.1, -0.05) is 39.5 Å². The average molecular weight is 180 g/mol. The molecule has 2 saturated carbocycles.